The number of aromatic nitrogens is 1. The van der Waals surface area contributed by atoms with Crippen LogP contribution < -0.4 is 5.73 Å². The molecule has 0 aliphatic carbocycles. The lowest BCUT2D eigenvalue weighted by molar-refractivity contribution is -0.110. The molecule has 0 saturated carbocycles. The van der Waals surface area contributed by atoms with E-state index in [-0.39, 0.29) is 0 Å². The quantitative estimate of drug-likeness (QED) is 0.666. The number of carbonyl (C=O) groups excluding carboxylic acids is 1. The van der Waals surface area contributed by atoms with Crippen molar-refractivity contribution in [1.82, 2.24) is 4.57 Å². The van der Waals surface area contributed by atoms with E-state index in [0.29, 0.717) is 17.9 Å². The second-order valence-electron chi connectivity index (χ2n) is 5.98. The van der Waals surface area contributed by atoms with E-state index < -0.39 is 17.9 Å². The highest BCUT2D eigenvalue weighted by Gasteiger charge is 2.27. The summed E-state index contributed by atoms with van der Waals surface area (Å²) in [6, 6.07) is 0. The summed E-state index contributed by atoms with van der Waals surface area (Å²) >= 11 is 0. The van der Waals surface area contributed by atoms with Gasteiger partial charge in [0.05, 0.1) is 6.54 Å². The number of esters is 1. The third kappa shape index (κ3) is 3.98. The largest absolute Gasteiger partial charge is 0.456 e. The zero-order chi connectivity index (χ0) is 16.4. The average molecular weight is 298 g/mol. The number of nitrogens with two attached hydrogens (primary N) is 1. The lowest BCUT2D eigenvalue weighted by Gasteiger charge is -2.20. The van der Waals surface area contributed by atoms with Gasteiger partial charge in [-0.2, -0.15) is 0 Å². The van der Waals surface area contributed by atoms with Gasteiger partial charge in [0.2, 0.25) is 0 Å². The lowest BCUT2D eigenvalue weighted by Crippen LogP contribution is -2.25. The predicted molar refractivity (Wildman–Crippen MR) is 81.3 cm³/mol. The highest BCUT2D eigenvalue weighted by atomic mass is 16.7. The van der Waals surface area contributed by atoms with E-state index in [0.717, 1.165) is 11.3 Å². The Morgan fingerprint density at radius 2 is 1.76 bits per heavy atom. The molecule has 1 rings (SSSR count). The standard InChI is InChI=1S/C15H26N2O4/c1-9-10(2)17(8-11(19-6)20-7)13(16)12(9)14(18)21-15(3,4)5/h11H,8,16H2,1-7H3. The summed E-state index contributed by atoms with van der Waals surface area (Å²) in [6.07, 6.45) is -0.427. The van der Waals surface area contributed by atoms with Crippen LogP contribution in [0.4, 0.5) is 5.82 Å². The number of nitrogen functional groups attached to an aromatic ring is 1. The van der Waals surface area contributed by atoms with E-state index in [1.165, 1.54) is 0 Å². The topological polar surface area (TPSA) is 75.7 Å². The molecule has 2 N–H and O–H groups in total. The van der Waals surface area contributed by atoms with Gasteiger partial charge in [-0.3, -0.25) is 0 Å². The van der Waals surface area contributed by atoms with E-state index in [2.05, 4.69) is 0 Å². The normalized spacial score (nSPS) is 12.0. The number of ether oxygens (including phenoxy) is 3. The van der Waals surface area contributed by atoms with E-state index in [1.54, 1.807) is 14.2 Å². The molecule has 6 heteroatoms. The zero-order valence-electron chi connectivity index (χ0n) is 13.9. The van der Waals surface area contributed by atoms with Crippen LogP contribution >= 0.6 is 0 Å². The number of methoxy groups -OCH3 is 2. The molecule has 0 aliphatic rings. The molecule has 0 spiro atoms. The maximum atomic E-state index is 12.3. The Labute approximate surface area is 126 Å². The number of anilines is 1. The molecule has 0 aromatic carbocycles. The van der Waals surface area contributed by atoms with Crippen LogP contribution in [0.2, 0.25) is 0 Å². The molecule has 0 saturated heterocycles. The highest BCUT2D eigenvalue weighted by Crippen LogP contribution is 2.27. The monoisotopic (exact) mass is 298 g/mol. The van der Waals surface area contributed by atoms with E-state index in [9.17, 15) is 4.79 Å². The molecule has 0 radical (unpaired) electrons. The molecular weight excluding hydrogens is 272 g/mol. The van der Waals surface area contributed by atoms with Crippen LogP contribution in [0.15, 0.2) is 0 Å². The Hall–Kier alpha value is -1.53. The summed E-state index contributed by atoms with van der Waals surface area (Å²) in [5, 5.41) is 0. The van der Waals surface area contributed by atoms with Crippen molar-refractivity contribution < 1.29 is 19.0 Å². The van der Waals surface area contributed by atoms with Gasteiger partial charge in [0, 0.05) is 19.9 Å². The Balaban J connectivity index is 3.16. The van der Waals surface area contributed by atoms with Gasteiger partial charge in [-0.1, -0.05) is 0 Å². The Bertz CT molecular complexity index is 511. The molecule has 0 atom stereocenters. The third-order valence-electron chi connectivity index (χ3n) is 3.33. The molecule has 120 valence electrons. The van der Waals surface area contributed by atoms with Crippen LogP contribution in [-0.2, 0) is 20.8 Å². The fourth-order valence-electron chi connectivity index (χ4n) is 2.11. The molecular formula is C15H26N2O4. The van der Waals surface area contributed by atoms with Crippen LogP contribution in [0.1, 0.15) is 42.4 Å². The maximum absolute atomic E-state index is 12.3. The highest BCUT2D eigenvalue weighted by molar-refractivity contribution is 5.97. The van der Waals surface area contributed by atoms with Crippen LogP contribution in [0, 0.1) is 13.8 Å². The van der Waals surface area contributed by atoms with Crippen molar-refractivity contribution in [2.75, 3.05) is 20.0 Å². The summed E-state index contributed by atoms with van der Waals surface area (Å²) < 4.78 is 17.6. The molecule has 1 aromatic heterocycles. The van der Waals surface area contributed by atoms with Gasteiger partial charge >= 0.3 is 5.97 Å². The molecule has 1 heterocycles. The number of hydrogen-bond acceptors (Lipinski definition) is 5. The first-order valence-electron chi connectivity index (χ1n) is 6.86. The average Bonchev–Trinajstić information content (AvgIpc) is 2.56. The fourth-order valence-corrected chi connectivity index (χ4v) is 2.11. The van der Waals surface area contributed by atoms with Crippen molar-refractivity contribution in [3.05, 3.63) is 16.8 Å². The molecule has 0 fully saturated rings. The minimum Gasteiger partial charge on any atom is -0.456 e. The first-order valence-corrected chi connectivity index (χ1v) is 6.86. The van der Waals surface area contributed by atoms with Gasteiger partial charge in [0.1, 0.15) is 17.0 Å². The molecule has 0 bridgehead atoms. The number of nitrogens with zero attached hydrogens (tertiary/aromatic N) is 1. The Morgan fingerprint density at radius 1 is 1.24 bits per heavy atom. The predicted octanol–water partition coefficient (Wildman–Crippen LogP) is 2.26. The van der Waals surface area contributed by atoms with Crippen molar-refractivity contribution in [2.24, 2.45) is 0 Å². The second-order valence-corrected chi connectivity index (χ2v) is 5.98. The summed E-state index contributed by atoms with van der Waals surface area (Å²) in [4.78, 5) is 12.3. The van der Waals surface area contributed by atoms with Crippen LogP contribution in [0.5, 0.6) is 0 Å². The molecule has 1 aromatic rings. The van der Waals surface area contributed by atoms with Crippen molar-refractivity contribution in [1.29, 1.82) is 0 Å². The Kier molecular flexibility index (Phi) is 5.42. The van der Waals surface area contributed by atoms with Crippen molar-refractivity contribution in [3.8, 4) is 0 Å². The van der Waals surface area contributed by atoms with E-state index >= 15 is 0 Å². The van der Waals surface area contributed by atoms with Gasteiger partial charge in [-0.15, -0.1) is 0 Å². The third-order valence-corrected chi connectivity index (χ3v) is 3.33. The fraction of sp³-hybridized carbons (Fsp3) is 0.667. The smallest absolute Gasteiger partial charge is 0.342 e. The van der Waals surface area contributed by atoms with Crippen molar-refractivity contribution in [3.63, 3.8) is 0 Å². The lowest BCUT2D eigenvalue weighted by atomic mass is 10.1. The maximum Gasteiger partial charge on any atom is 0.342 e. The molecule has 21 heavy (non-hydrogen) atoms. The van der Waals surface area contributed by atoms with Gasteiger partial charge in [0.15, 0.2) is 6.29 Å². The van der Waals surface area contributed by atoms with E-state index in [1.807, 2.05) is 39.2 Å². The first kappa shape index (κ1) is 17.5. The SMILES string of the molecule is COC(Cn1c(C)c(C)c(C(=O)OC(C)(C)C)c1N)OC. The zero-order valence-corrected chi connectivity index (χ0v) is 13.9. The van der Waals surface area contributed by atoms with Gasteiger partial charge in [-0.05, 0) is 40.2 Å². The van der Waals surface area contributed by atoms with Gasteiger partial charge in [-0.25, -0.2) is 4.79 Å². The van der Waals surface area contributed by atoms with Crippen LogP contribution in [0.25, 0.3) is 0 Å². The van der Waals surface area contributed by atoms with Crippen LogP contribution in [-0.4, -0.2) is 36.6 Å². The summed E-state index contributed by atoms with van der Waals surface area (Å²) in [7, 11) is 3.12. The Morgan fingerprint density at radius 3 is 2.19 bits per heavy atom. The van der Waals surface area contributed by atoms with Crippen LogP contribution in [0.3, 0.4) is 0 Å². The summed E-state index contributed by atoms with van der Waals surface area (Å²) in [5.41, 5.74) is 7.69. The number of hydrogen-bond donors (Lipinski definition) is 1. The first-order chi connectivity index (χ1) is 9.62. The molecule has 0 aliphatic heterocycles. The molecule has 0 amide bonds. The molecule has 6 nitrogen and oxygen atoms in total. The number of carbonyl (C=O) groups is 1. The summed E-state index contributed by atoms with van der Waals surface area (Å²) in [5.74, 6) is -0.0379. The number of rotatable bonds is 5. The van der Waals surface area contributed by atoms with Gasteiger partial charge in [0.25, 0.3) is 0 Å². The van der Waals surface area contributed by atoms with Crippen molar-refractivity contribution >= 4 is 11.8 Å². The minimum absolute atomic E-state index is 0.373. The summed E-state index contributed by atoms with van der Waals surface area (Å²) in [6.45, 7) is 9.65. The second kappa shape index (κ2) is 6.49. The van der Waals surface area contributed by atoms with Crippen molar-refractivity contribution in [2.45, 2.75) is 53.1 Å². The molecule has 0 unspecified atom stereocenters. The minimum atomic E-state index is -0.562. The van der Waals surface area contributed by atoms with Gasteiger partial charge < -0.3 is 24.5 Å². The van der Waals surface area contributed by atoms with E-state index in [4.69, 9.17) is 19.9 Å².